The molecular formula is C17H35NO2. The highest BCUT2D eigenvalue weighted by molar-refractivity contribution is 4.89. The van der Waals surface area contributed by atoms with Crippen molar-refractivity contribution in [2.45, 2.75) is 65.4 Å². The van der Waals surface area contributed by atoms with Crippen molar-refractivity contribution in [3.05, 3.63) is 0 Å². The minimum absolute atomic E-state index is 0.0496. The first-order valence-corrected chi connectivity index (χ1v) is 8.50. The molecule has 2 unspecified atom stereocenters. The molecule has 20 heavy (non-hydrogen) atoms. The summed E-state index contributed by atoms with van der Waals surface area (Å²) in [6.07, 6.45) is 6.21. The zero-order valence-electron chi connectivity index (χ0n) is 14.0. The van der Waals surface area contributed by atoms with Crippen LogP contribution in [-0.2, 0) is 9.47 Å². The van der Waals surface area contributed by atoms with E-state index in [2.05, 4.69) is 33.0 Å². The maximum Gasteiger partial charge on any atom is 0.0810 e. The van der Waals surface area contributed by atoms with Crippen LogP contribution in [0.5, 0.6) is 0 Å². The molecule has 0 aliphatic heterocycles. The van der Waals surface area contributed by atoms with E-state index in [-0.39, 0.29) is 5.60 Å². The average Bonchev–Trinajstić information content (AvgIpc) is 2.38. The van der Waals surface area contributed by atoms with Gasteiger partial charge in [0.15, 0.2) is 0 Å². The summed E-state index contributed by atoms with van der Waals surface area (Å²) in [5.41, 5.74) is 0.0496. The van der Waals surface area contributed by atoms with Crippen LogP contribution in [0.25, 0.3) is 0 Å². The SMILES string of the molecule is CCCNCC1(OCCOCC(C)C)CCCC(C)C1. The molecule has 0 bridgehead atoms. The summed E-state index contributed by atoms with van der Waals surface area (Å²) in [4.78, 5) is 0. The second kappa shape index (κ2) is 9.75. The topological polar surface area (TPSA) is 30.5 Å². The Morgan fingerprint density at radius 1 is 1.30 bits per heavy atom. The summed E-state index contributed by atoms with van der Waals surface area (Å²) in [6, 6.07) is 0. The summed E-state index contributed by atoms with van der Waals surface area (Å²) in [5, 5.41) is 3.56. The van der Waals surface area contributed by atoms with Gasteiger partial charge in [0.05, 0.1) is 18.8 Å². The Kier molecular flexibility index (Phi) is 8.74. The summed E-state index contributed by atoms with van der Waals surface area (Å²) in [7, 11) is 0. The number of hydrogen-bond donors (Lipinski definition) is 1. The largest absolute Gasteiger partial charge is 0.379 e. The Bertz CT molecular complexity index is 245. The standard InChI is InChI=1S/C17H35NO2/c1-5-9-18-14-17(8-6-7-16(4)12-17)20-11-10-19-13-15(2)3/h15-16,18H,5-14H2,1-4H3. The monoisotopic (exact) mass is 285 g/mol. The first-order valence-electron chi connectivity index (χ1n) is 8.50. The fourth-order valence-electron chi connectivity index (χ4n) is 3.08. The molecule has 1 aliphatic rings. The van der Waals surface area contributed by atoms with Crippen LogP contribution in [-0.4, -0.2) is 38.5 Å². The van der Waals surface area contributed by atoms with E-state index < -0.39 is 0 Å². The molecule has 0 heterocycles. The van der Waals surface area contributed by atoms with E-state index in [1.807, 2.05) is 0 Å². The van der Waals surface area contributed by atoms with Gasteiger partial charge in [0, 0.05) is 13.2 Å². The predicted octanol–water partition coefficient (Wildman–Crippen LogP) is 3.62. The third-order valence-electron chi connectivity index (χ3n) is 4.01. The molecule has 3 nitrogen and oxygen atoms in total. The van der Waals surface area contributed by atoms with E-state index in [4.69, 9.17) is 9.47 Å². The van der Waals surface area contributed by atoms with Crippen LogP contribution in [0, 0.1) is 11.8 Å². The van der Waals surface area contributed by atoms with Crippen molar-refractivity contribution in [1.82, 2.24) is 5.32 Å². The van der Waals surface area contributed by atoms with Crippen molar-refractivity contribution < 1.29 is 9.47 Å². The molecule has 0 aromatic carbocycles. The van der Waals surface area contributed by atoms with Crippen LogP contribution in [0.4, 0.5) is 0 Å². The molecule has 0 aromatic rings. The quantitative estimate of drug-likeness (QED) is 0.622. The van der Waals surface area contributed by atoms with Crippen LogP contribution >= 0.6 is 0 Å². The zero-order chi connectivity index (χ0) is 14.8. The smallest absolute Gasteiger partial charge is 0.0810 e. The highest BCUT2D eigenvalue weighted by atomic mass is 16.5. The highest BCUT2D eigenvalue weighted by Gasteiger charge is 2.35. The molecule has 0 radical (unpaired) electrons. The molecule has 0 amide bonds. The molecule has 1 rings (SSSR count). The van der Waals surface area contributed by atoms with Crippen molar-refractivity contribution in [1.29, 1.82) is 0 Å². The van der Waals surface area contributed by atoms with Gasteiger partial charge in [-0.3, -0.25) is 0 Å². The maximum atomic E-state index is 6.28. The van der Waals surface area contributed by atoms with Crippen molar-refractivity contribution in [3.63, 3.8) is 0 Å². The Morgan fingerprint density at radius 2 is 2.10 bits per heavy atom. The third-order valence-corrected chi connectivity index (χ3v) is 4.01. The van der Waals surface area contributed by atoms with Crippen molar-refractivity contribution >= 4 is 0 Å². The van der Waals surface area contributed by atoms with E-state index in [0.717, 1.165) is 38.8 Å². The number of rotatable bonds is 10. The van der Waals surface area contributed by atoms with Gasteiger partial charge >= 0.3 is 0 Å². The predicted molar refractivity (Wildman–Crippen MR) is 85.1 cm³/mol. The Morgan fingerprint density at radius 3 is 2.75 bits per heavy atom. The summed E-state index contributed by atoms with van der Waals surface area (Å²) >= 11 is 0. The lowest BCUT2D eigenvalue weighted by Gasteiger charge is -2.40. The van der Waals surface area contributed by atoms with Gasteiger partial charge in [0.2, 0.25) is 0 Å². The second-order valence-electron chi connectivity index (χ2n) is 6.88. The summed E-state index contributed by atoms with van der Waals surface area (Å²) in [5.74, 6) is 1.38. The first kappa shape index (κ1) is 17.9. The van der Waals surface area contributed by atoms with E-state index >= 15 is 0 Å². The zero-order valence-corrected chi connectivity index (χ0v) is 14.0. The molecule has 1 fully saturated rings. The second-order valence-corrected chi connectivity index (χ2v) is 6.88. The lowest BCUT2D eigenvalue weighted by Crippen LogP contribution is -2.47. The average molecular weight is 285 g/mol. The van der Waals surface area contributed by atoms with Crippen LogP contribution in [0.15, 0.2) is 0 Å². The van der Waals surface area contributed by atoms with Gasteiger partial charge in [-0.1, -0.05) is 40.5 Å². The van der Waals surface area contributed by atoms with Crippen molar-refractivity contribution in [2.75, 3.05) is 32.9 Å². The van der Waals surface area contributed by atoms with E-state index in [9.17, 15) is 0 Å². The summed E-state index contributed by atoms with van der Waals surface area (Å²) < 4.78 is 11.9. The number of nitrogens with one attached hydrogen (secondary N) is 1. The lowest BCUT2D eigenvalue weighted by molar-refractivity contribution is -0.0963. The van der Waals surface area contributed by atoms with Crippen LogP contribution < -0.4 is 5.32 Å². The van der Waals surface area contributed by atoms with Crippen LogP contribution in [0.2, 0.25) is 0 Å². The molecule has 0 spiro atoms. The molecule has 0 aromatic heterocycles. The van der Waals surface area contributed by atoms with Crippen LogP contribution in [0.3, 0.4) is 0 Å². The van der Waals surface area contributed by atoms with Gasteiger partial charge in [-0.2, -0.15) is 0 Å². The van der Waals surface area contributed by atoms with Gasteiger partial charge in [0.1, 0.15) is 0 Å². The number of ether oxygens (including phenoxy) is 2. The van der Waals surface area contributed by atoms with E-state index in [1.54, 1.807) is 0 Å². The molecule has 0 saturated heterocycles. The maximum absolute atomic E-state index is 6.28. The summed E-state index contributed by atoms with van der Waals surface area (Å²) in [6.45, 7) is 13.3. The van der Waals surface area contributed by atoms with Gasteiger partial charge in [0.25, 0.3) is 0 Å². The molecule has 1 saturated carbocycles. The fourth-order valence-corrected chi connectivity index (χ4v) is 3.08. The minimum Gasteiger partial charge on any atom is -0.379 e. The lowest BCUT2D eigenvalue weighted by atomic mass is 9.78. The van der Waals surface area contributed by atoms with Gasteiger partial charge < -0.3 is 14.8 Å². The van der Waals surface area contributed by atoms with Crippen molar-refractivity contribution in [2.24, 2.45) is 11.8 Å². The Labute approximate surface area is 125 Å². The molecule has 2 atom stereocenters. The number of hydrogen-bond acceptors (Lipinski definition) is 3. The molecule has 1 aliphatic carbocycles. The molecule has 3 heteroatoms. The van der Waals surface area contributed by atoms with Crippen molar-refractivity contribution in [3.8, 4) is 0 Å². The van der Waals surface area contributed by atoms with Gasteiger partial charge in [-0.05, 0) is 37.6 Å². The van der Waals surface area contributed by atoms with Crippen LogP contribution in [0.1, 0.15) is 59.8 Å². The fraction of sp³-hybridized carbons (Fsp3) is 1.00. The first-order chi connectivity index (χ1) is 9.58. The van der Waals surface area contributed by atoms with Gasteiger partial charge in [-0.15, -0.1) is 0 Å². The Balaban J connectivity index is 2.33. The third kappa shape index (κ3) is 7.05. The normalized spacial score (nSPS) is 27.1. The molecule has 120 valence electrons. The molecular weight excluding hydrogens is 250 g/mol. The molecule has 1 N–H and O–H groups in total. The Hall–Kier alpha value is -0.120. The highest BCUT2D eigenvalue weighted by Crippen LogP contribution is 2.34. The minimum atomic E-state index is 0.0496. The van der Waals surface area contributed by atoms with E-state index in [0.29, 0.717) is 5.92 Å². The van der Waals surface area contributed by atoms with E-state index in [1.165, 1.54) is 32.1 Å². The van der Waals surface area contributed by atoms with Gasteiger partial charge in [-0.25, -0.2) is 0 Å².